The Labute approximate surface area is 235 Å². The second-order valence-corrected chi connectivity index (χ2v) is 17.9. The Morgan fingerprint density at radius 1 is 0.846 bits per heavy atom. The number of esters is 1. The van der Waals surface area contributed by atoms with Crippen LogP contribution in [0.5, 0.6) is 0 Å². The zero-order valence-electron chi connectivity index (χ0n) is 21.3. The summed E-state index contributed by atoms with van der Waals surface area (Å²) < 4.78 is 4.91. The van der Waals surface area contributed by atoms with Crippen molar-refractivity contribution in [2.24, 2.45) is 0 Å². The SMILES string of the molecule is CCOC(=O)CC(=O)Nc1ccc([N+](=O)[O-])cc1CP(Br)(c1ccccc1)(c1ccccc1)c1ccccc1. The Hall–Kier alpha value is -3.87. The van der Waals surface area contributed by atoms with Gasteiger partial charge in [0.2, 0.25) is 0 Å². The summed E-state index contributed by atoms with van der Waals surface area (Å²) in [6.45, 7) is 1.83. The third-order valence-corrected chi connectivity index (χ3v) is 16.0. The number of hydrogen-bond donors (Lipinski definition) is 1. The van der Waals surface area contributed by atoms with Crippen LogP contribution in [0.3, 0.4) is 0 Å². The molecule has 1 N–H and O–H groups in total. The van der Waals surface area contributed by atoms with E-state index in [0.717, 1.165) is 15.9 Å². The molecule has 0 heterocycles. The van der Waals surface area contributed by atoms with Crippen LogP contribution < -0.4 is 21.2 Å². The number of amides is 1. The molecule has 7 nitrogen and oxygen atoms in total. The van der Waals surface area contributed by atoms with Crippen LogP contribution in [0.15, 0.2) is 109 Å². The first kappa shape index (κ1) is 28.1. The van der Waals surface area contributed by atoms with E-state index in [1.54, 1.807) is 6.92 Å². The molecule has 0 atom stereocenters. The Morgan fingerprint density at radius 2 is 1.33 bits per heavy atom. The molecule has 4 aromatic rings. The topological polar surface area (TPSA) is 98.5 Å². The Balaban J connectivity index is 1.96. The average molecular weight is 607 g/mol. The van der Waals surface area contributed by atoms with Crippen molar-refractivity contribution in [1.82, 2.24) is 0 Å². The van der Waals surface area contributed by atoms with Gasteiger partial charge in [-0.15, -0.1) is 0 Å². The molecule has 200 valence electrons. The number of halogens is 1. The van der Waals surface area contributed by atoms with Gasteiger partial charge in [-0.05, 0) is 0 Å². The Kier molecular flexibility index (Phi) is 8.58. The minimum atomic E-state index is -3.53. The van der Waals surface area contributed by atoms with Crippen molar-refractivity contribution in [3.05, 3.63) is 125 Å². The molecular formula is C30H28BrN2O5P. The standard InChI is InChI=1S/C30H28BrN2O5P/c1-2-38-30(35)21-29(34)32-28-19-18-24(33(36)37)20-23(28)22-39(31,25-12-6-3-7-13-25,26-14-8-4-9-15-26)27-16-10-5-11-17-27/h3-20H,2,21-22H2,1H3,(H,32,34). The molecule has 0 unspecified atom stereocenters. The summed E-state index contributed by atoms with van der Waals surface area (Å²) in [7, 11) is 0. The predicted octanol–water partition coefficient (Wildman–Crippen LogP) is 5.83. The van der Waals surface area contributed by atoms with Gasteiger partial charge < -0.3 is 0 Å². The second-order valence-electron chi connectivity index (χ2n) is 8.98. The third-order valence-electron chi connectivity index (χ3n) is 6.53. The van der Waals surface area contributed by atoms with E-state index in [0.29, 0.717) is 17.4 Å². The normalized spacial score (nSPS) is 12.1. The molecular weight excluding hydrogens is 579 g/mol. The molecule has 1 amide bonds. The van der Waals surface area contributed by atoms with E-state index in [1.165, 1.54) is 18.2 Å². The van der Waals surface area contributed by atoms with E-state index in [1.807, 2.05) is 54.6 Å². The third kappa shape index (κ3) is 5.77. The second kappa shape index (κ2) is 11.9. The van der Waals surface area contributed by atoms with Crippen molar-refractivity contribution < 1.29 is 19.2 Å². The fourth-order valence-electron chi connectivity index (χ4n) is 4.74. The number of anilines is 1. The van der Waals surface area contributed by atoms with Crippen molar-refractivity contribution >= 4 is 60.0 Å². The van der Waals surface area contributed by atoms with E-state index >= 15 is 0 Å². The van der Waals surface area contributed by atoms with Crippen molar-refractivity contribution in [2.45, 2.75) is 19.5 Å². The molecule has 0 fully saturated rings. The monoisotopic (exact) mass is 606 g/mol. The number of ether oxygens (including phenoxy) is 1. The summed E-state index contributed by atoms with van der Waals surface area (Å²) in [4.78, 5) is 36.1. The van der Waals surface area contributed by atoms with Gasteiger partial charge in [-0.1, -0.05) is 0 Å². The molecule has 0 aliphatic heterocycles. The van der Waals surface area contributed by atoms with E-state index < -0.39 is 28.5 Å². The van der Waals surface area contributed by atoms with E-state index in [-0.39, 0.29) is 12.3 Å². The van der Waals surface area contributed by atoms with E-state index in [2.05, 4.69) is 57.2 Å². The number of nitro benzene ring substituents is 1. The quantitative estimate of drug-likeness (QED) is 0.0805. The maximum absolute atomic E-state index is 12.8. The maximum atomic E-state index is 12.8. The van der Waals surface area contributed by atoms with E-state index in [9.17, 15) is 19.7 Å². The molecule has 0 aromatic heterocycles. The van der Waals surface area contributed by atoms with Crippen LogP contribution in [-0.4, -0.2) is 23.4 Å². The first-order valence-electron chi connectivity index (χ1n) is 12.4. The van der Waals surface area contributed by atoms with Gasteiger partial charge in [0.25, 0.3) is 0 Å². The van der Waals surface area contributed by atoms with Crippen LogP contribution in [0, 0.1) is 10.1 Å². The van der Waals surface area contributed by atoms with Gasteiger partial charge in [-0.3, -0.25) is 0 Å². The van der Waals surface area contributed by atoms with E-state index in [4.69, 9.17) is 4.74 Å². The number of nitrogens with zero attached hydrogens (tertiary/aromatic N) is 1. The Morgan fingerprint density at radius 3 is 1.77 bits per heavy atom. The molecule has 0 spiro atoms. The number of carbonyl (C=O) groups excluding carboxylic acids is 2. The van der Waals surface area contributed by atoms with Crippen LogP contribution in [0.25, 0.3) is 0 Å². The average Bonchev–Trinajstić information content (AvgIpc) is 2.95. The molecule has 9 heteroatoms. The zero-order valence-corrected chi connectivity index (χ0v) is 23.8. The molecule has 0 bridgehead atoms. The van der Waals surface area contributed by atoms with Gasteiger partial charge in [-0.25, -0.2) is 0 Å². The van der Waals surface area contributed by atoms with Crippen molar-refractivity contribution in [1.29, 1.82) is 0 Å². The molecule has 0 saturated carbocycles. The zero-order chi connectivity index (χ0) is 27.9. The fraction of sp³-hybridized carbons (Fsp3) is 0.133. The van der Waals surface area contributed by atoms with Gasteiger partial charge in [0.15, 0.2) is 0 Å². The summed E-state index contributed by atoms with van der Waals surface area (Å²) >= 11 is 4.35. The summed E-state index contributed by atoms with van der Waals surface area (Å²) in [5, 5.41) is 14.2. The number of non-ortho nitro benzene ring substituents is 1. The number of benzene rings is 4. The first-order chi connectivity index (χ1) is 18.8. The number of nitrogens with one attached hydrogen (secondary N) is 1. The van der Waals surface area contributed by atoms with Gasteiger partial charge in [0.1, 0.15) is 0 Å². The molecule has 0 aliphatic rings. The fourth-order valence-corrected chi connectivity index (χ4v) is 12.4. The predicted molar refractivity (Wildman–Crippen MR) is 161 cm³/mol. The number of carbonyl (C=O) groups is 2. The molecule has 4 rings (SSSR count). The van der Waals surface area contributed by atoms with Crippen molar-refractivity contribution in [3.63, 3.8) is 0 Å². The van der Waals surface area contributed by atoms with Crippen LogP contribution in [-0.2, 0) is 20.5 Å². The molecule has 4 aromatic carbocycles. The van der Waals surface area contributed by atoms with Crippen molar-refractivity contribution in [3.8, 4) is 0 Å². The number of rotatable bonds is 10. The van der Waals surface area contributed by atoms with Gasteiger partial charge in [0.05, 0.1) is 0 Å². The van der Waals surface area contributed by atoms with Gasteiger partial charge in [-0.2, -0.15) is 0 Å². The molecule has 0 radical (unpaired) electrons. The minimum absolute atomic E-state index is 0.0971. The van der Waals surface area contributed by atoms with Crippen LogP contribution >= 0.6 is 20.8 Å². The van der Waals surface area contributed by atoms with Crippen LogP contribution in [0.2, 0.25) is 0 Å². The molecule has 0 aliphatic carbocycles. The Bertz CT molecular complexity index is 1380. The van der Waals surface area contributed by atoms with Crippen molar-refractivity contribution in [2.75, 3.05) is 11.9 Å². The number of hydrogen-bond acceptors (Lipinski definition) is 5. The summed E-state index contributed by atoms with van der Waals surface area (Å²) in [6.07, 6.45) is -0.140. The number of nitro groups is 1. The molecule has 39 heavy (non-hydrogen) atoms. The van der Waals surface area contributed by atoms with Crippen LogP contribution in [0.1, 0.15) is 18.9 Å². The summed E-state index contributed by atoms with van der Waals surface area (Å²) in [5.74, 6) is -1.20. The summed E-state index contributed by atoms with van der Waals surface area (Å²) in [5.41, 5.74) is 0.860. The first-order valence-corrected chi connectivity index (χ1v) is 16.8. The van der Waals surface area contributed by atoms with Gasteiger partial charge in [0, 0.05) is 0 Å². The summed E-state index contributed by atoms with van der Waals surface area (Å²) in [6, 6.07) is 34.4. The van der Waals surface area contributed by atoms with Crippen LogP contribution in [0.4, 0.5) is 11.4 Å². The van der Waals surface area contributed by atoms with Gasteiger partial charge >= 0.3 is 236 Å². The molecule has 0 saturated heterocycles.